The van der Waals surface area contributed by atoms with Gasteiger partial charge in [-0.05, 0) is 12.0 Å². The van der Waals surface area contributed by atoms with E-state index in [1.165, 1.54) is 5.48 Å². The van der Waals surface area contributed by atoms with Gasteiger partial charge in [-0.15, -0.1) is 0 Å². The van der Waals surface area contributed by atoms with E-state index in [1.54, 1.807) is 24.3 Å². The Morgan fingerprint density at radius 1 is 1.17 bits per heavy atom. The molecule has 0 fully saturated rings. The van der Waals surface area contributed by atoms with Crippen LogP contribution in [0.25, 0.3) is 0 Å². The fourth-order valence-corrected chi connectivity index (χ4v) is 2.28. The highest BCUT2D eigenvalue weighted by atomic mass is 16.5. The van der Waals surface area contributed by atoms with Crippen molar-refractivity contribution in [2.24, 2.45) is 5.92 Å². The number of rotatable bonds is 9. The van der Waals surface area contributed by atoms with Gasteiger partial charge in [0.2, 0.25) is 11.8 Å². The summed E-state index contributed by atoms with van der Waals surface area (Å²) in [6, 6.07) is 7.91. The molecular formula is C16H22N2O5. The number of aliphatic carboxylic acids is 1. The first-order chi connectivity index (χ1) is 11.0. The number of hydroxylamine groups is 1. The SMILES string of the molecule is CCCC(CC(=O)NO)C(=O)NC(Cc1ccccc1)C(=O)O. The number of carboxylic acids is 1. The molecule has 2 unspecified atom stereocenters. The van der Waals surface area contributed by atoms with Gasteiger partial charge >= 0.3 is 5.97 Å². The zero-order valence-electron chi connectivity index (χ0n) is 13.0. The van der Waals surface area contributed by atoms with Crippen molar-refractivity contribution < 1.29 is 24.7 Å². The summed E-state index contributed by atoms with van der Waals surface area (Å²) in [5.41, 5.74) is 2.28. The summed E-state index contributed by atoms with van der Waals surface area (Å²) >= 11 is 0. The van der Waals surface area contributed by atoms with Crippen molar-refractivity contribution in [2.75, 3.05) is 0 Å². The van der Waals surface area contributed by atoms with Gasteiger partial charge in [0.25, 0.3) is 0 Å². The Morgan fingerprint density at radius 2 is 1.83 bits per heavy atom. The fraction of sp³-hybridized carbons (Fsp3) is 0.438. The third-order valence-corrected chi connectivity index (χ3v) is 3.46. The van der Waals surface area contributed by atoms with Crippen LogP contribution in [0.2, 0.25) is 0 Å². The second kappa shape index (κ2) is 9.58. The molecule has 0 bridgehead atoms. The van der Waals surface area contributed by atoms with Crippen molar-refractivity contribution in [3.63, 3.8) is 0 Å². The van der Waals surface area contributed by atoms with E-state index in [-0.39, 0.29) is 12.8 Å². The lowest BCUT2D eigenvalue weighted by molar-refractivity contribution is -0.143. The van der Waals surface area contributed by atoms with Crippen molar-refractivity contribution in [3.05, 3.63) is 35.9 Å². The van der Waals surface area contributed by atoms with E-state index in [0.717, 1.165) is 5.56 Å². The van der Waals surface area contributed by atoms with E-state index in [1.807, 2.05) is 13.0 Å². The third kappa shape index (κ3) is 6.48. The first-order valence-corrected chi connectivity index (χ1v) is 7.48. The molecule has 7 heteroatoms. The van der Waals surface area contributed by atoms with E-state index in [4.69, 9.17) is 5.21 Å². The van der Waals surface area contributed by atoms with E-state index in [9.17, 15) is 19.5 Å². The number of hydrogen-bond donors (Lipinski definition) is 4. The molecule has 1 rings (SSSR count). The Balaban J connectivity index is 2.74. The number of carbonyl (C=O) groups is 3. The summed E-state index contributed by atoms with van der Waals surface area (Å²) in [4.78, 5) is 34.9. The van der Waals surface area contributed by atoms with Gasteiger partial charge in [-0.3, -0.25) is 14.8 Å². The number of nitrogens with one attached hydrogen (secondary N) is 2. The lowest BCUT2D eigenvalue weighted by Crippen LogP contribution is -2.45. The van der Waals surface area contributed by atoms with Crippen LogP contribution in [0.4, 0.5) is 0 Å². The van der Waals surface area contributed by atoms with E-state index < -0.39 is 29.7 Å². The maximum atomic E-state index is 12.3. The second-order valence-corrected chi connectivity index (χ2v) is 5.31. The first kappa shape index (κ1) is 18.6. The highest BCUT2D eigenvalue weighted by molar-refractivity contribution is 5.88. The molecule has 0 aromatic heterocycles. The minimum Gasteiger partial charge on any atom is -0.480 e. The molecular weight excluding hydrogens is 300 g/mol. The van der Waals surface area contributed by atoms with Gasteiger partial charge in [-0.1, -0.05) is 43.7 Å². The number of hydrogen-bond acceptors (Lipinski definition) is 4. The molecule has 126 valence electrons. The topological polar surface area (TPSA) is 116 Å². The Morgan fingerprint density at radius 3 is 2.35 bits per heavy atom. The van der Waals surface area contributed by atoms with Gasteiger partial charge in [0, 0.05) is 18.8 Å². The van der Waals surface area contributed by atoms with Crippen LogP contribution in [0.5, 0.6) is 0 Å². The predicted octanol–water partition coefficient (Wildman–Crippen LogP) is 1.11. The molecule has 1 aromatic rings. The van der Waals surface area contributed by atoms with Crippen LogP contribution in [0.1, 0.15) is 31.7 Å². The zero-order valence-corrected chi connectivity index (χ0v) is 13.0. The van der Waals surface area contributed by atoms with Gasteiger partial charge in [-0.2, -0.15) is 0 Å². The number of amides is 2. The van der Waals surface area contributed by atoms with E-state index in [0.29, 0.717) is 12.8 Å². The molecule has 0 heterocycles. The molecule has 0 saturated heterocycles. The molecule has 2 amide bonds. The van der Waals surface area contributed by atoms with Crippen molar-refractivity contribution in [3.8, 4) is 0 Å². The lowest BCUT2D eigenvalue weighted by atomic mass is 9.97. The molecule has 7 nitrogen and oxygen atoms in total. The molecule has 0 aliphatic rings. The Labute approximate surface area is 134 Å². The second-order valence-electron chi connectivity index (χ2n) is 5.31. The molecule has 4 N–H and O–H groups in total. The maximum Gasteiger partial charge on any atom is 0.326 e. The summed E-state index contributed by atoms with van der Waals surface area (Å²) in [6.45, 7) is 1.86. The normalized spacial score (nSPS) is 13.0. The Kier molecular flexibility index (Phi) is 7.76. The fourth-order valence-electron chi connectivity index (χ4n) is 2.28. The first-order valence-electron chi connectivity index (χ1n) is 7.48. The maximum absolute atomic E-state index is 12.3. The van der Waals surface area contributed by atoms with Crippen LogP contribution in [0.3, 0.4) is 0 Å². The summed E-state index contributed by atoms with van der Waals surface area (Å²) in [6.07, 6.45) is 1.06. The largest absolute Gasteiger partial charge is 0.480 e. The highest BCUT2D eigenvalue weighted by Gasteiger charge is 2.26. The monoisotopic (exact) mass is 322 g/mol. The average Bonchev–Trinajstić information content (AvgIpc) is 2.54. The molecule has 2 atom stereocenters. The zero-order chi connectivity index (χ0) is 17.2. The number of carbonyl (C=O) groups excluding carboxylic acids is 2. The van der Waals surface area contributed by atoms with Gasteiger partial charge in [0.05, 0.1) is 0 Å². The summed E-state index contributed by atoms with van der Waals surface area (Å²) in [5, 5.41) is 20.3. The van der Waals surface area contributed by atoms with Crippen LogP contribution in [-0.2, 0) is 20.8 Å². The number of benzene rings is 1. The van der Waals surface area contributed by atoms with Crippen LogP contribution in [0, 0.1) is 5.92 Å². The molecule has 0 saturated carbocycles. The number of carboxylic acid groups (broad SMARTS) is 1. The Bertz CT molecular complexity index is 533. The van der Waals surface area contributed by atoms with Gasteiger partial charge in [0.1, 0.15) is 6.04 Å². The van der Waals surface area contributed by atoms with Gasteiger partial charge in [0.15, 0.2) is 0 Å². The molecule has 0 radical (unpaired) electrons. The van der Waals surface area contributed by atoms with Gasteiger partial charge in [-0.25, -0.2) is 10.3 Å². The standard InChI is InChI=1S/C16H22N2O5/c1-2-6-12(10-14(19)18-23)15(20)17-13(16(21)22)9-11-7-4-3-5-8-11/h3-5,7-8,12-13,23H,2,6,9-10H2,1H3,(H,17,20)(H,18,19)(H,21,22). The molecule has 0 aliphatic carbocycles. The lowest BCUT2D eigenvalue weighted by Gasteiger charge is -2.19. The van der Waals surface area contributed by atoms with E-state index >= 15 is 0 Å². The molecule has 1 aromatic carbocycles. The summed E-state index contributed by atoms with van der Waals surface area (Å²) in [7, 11) is 0. The predicted molar refractivity (Wildman–Crippen MR) is 82.7 cm³/mol. The van der Waals surface area contributed by atoms with Crippen LogP contribution in [-0.4, -0.2) is 34.1 Å². The van der Waals surface area contributed by atoms with Gasteiger partial charge < -0.3 is 10.4 Å². The Hall–Kier alpha value is -2.41. The minimum atomic E-state index is -1.14. The van der Waals surface area contributed by atoms with Crippen LogP contribution >= 0.6 is 0 Å². The molecule has 0 aliphatic heterocycles. The van der Waals surface area contributed by atoms with Crippen molar-refractivity contribution in [1.29, 1.82) is 0 Å². The van der Waals surface area contributed by atoms with Crippen molar-refractivity contribution in [1.82, 2.24) is 10.8 Å². The smallest absolute Gasteiger partial charge is 0.326 e. The van der Waals surface area contributed by atoms with Crippen molar-refractivity contribution >= 4 is 17.8 Å². The average molecular weight is 322 g/mol. The van der Waals surface area contributed by atoms with Crippen LogP contribution in [0.15, 0.2) is 30.3 Å². The van der Waals surface area contributed by atoms with Crippen molar-refractivity contribution in [2.45, 2.75) is 38.6 Å². The third-order valence-electron chi connectivity index (χ3n) is 3.46. The van der Waals surface area contributed by atoms with E-state index in [2.05, 4.69) is 5.32 Å². The summed E-state index contributed by atoms with van der Waals surface area (Å²) < 4.78 is 0. The quantitative estimate of drug-likeness (QED) is 0.401. The molecule has 0 spiro atoms. The molecule has 23 heavy (non-hydrogen) atoms. The van der Waals surface area contributed by atoms with Crippen LogP contribution < -0.4 is 10.8 Å². The highest BCUT2D eigenvalue weighted by Crippen LogP contribution is 2.13. The summed E-state index contributed by atoms with van der Waals surface area (Å²) in [5.74, 6) is -2.99. The minimum absolute atomic E-state index is 0.160.